The summed E-state index contributed by atoms with van der Waals surface area (Å²) < 4.78 is 24.8. The third-order valence-electron chi connectivity index (χ3n) is 2.80. The number of likely N-dealkylation sites (tertiary alicyclic amines) is 1. The standard InChI is InChI=1S/C11H22N2O3S/c1-11(2,3)10(14)13-7-5-9(6-8-13)12-17(4,15)16/h9,12H,5-8H2,1-4H3. The zero-order valence-electron chi connectivity index (χ0n) is 11.0. The monoisotopic (exact) mass is 262 g/mol. The highest BCUT2D eigenvalue weighted by molar-refractivity contribution is 7.88. The lowest BCUT2D eigenvalue weighted by molar-refractivity contribution is -0.140. The van der Waals surface area contributed by atoms with E-state index in [1.165, 1.54) is 6.26 Å². The van der Waals surface area contributed by atoms with Crippen molar-refractivity contribution in [2.24, 2.45) is 5.41 Å². The number of piperidine rings is 1. The van der Waals surface area contributed by atoms with Crippen LogP contribution < -0.4 is 4.72 Å². The van der Waals surface area contributed by atoms with E-state index in [1.54, 1.807) is 0 Å². The fourth-order valence-corrected chi connectivity index (χ4v) is 2.82. The van der Waals surface area contributed by atoms with E-state index in [0.29, 0.717) is 25.9 Å². The van der Waals surface area contributed by atoms with E-state index >= 15 is 0 Å². The van der Waals surface area contributed by atoms with Crippen LogP contribution in [0.1, 0.15) is 33.6 Å². The van der Waals surface area contributed by atoms with Crippen LogP contribution in [0.15, 0.2) is 0 Å². The highest BCUT2D eigenvalue weighted by Crippen LogP contribution is 2.21. The van der Waals surface area contributed by atoms with Crippen LogP contribution in [0.3, 0.4) is 0 Å². The van der Waals surface area contributed by atoms with Crippen LogP contribution >= 0.6 is 0 Å². The van der Waals surface area contributed by atoms with Crippen LogP contribution in [-0.4, -0.2) is 44.6 Å². The first-order valence-corrected chi connectivity index (χ1v) is 7.75. The predicted octanol–water partition coefficient (Wildman–Crippen LogP) is 0.573. The minimum atomic E-state index is -3.14. The average molecular weight is 262 g/mol. The lowest BCUT2D eigenvalue weighted by Crippen LogP contribution is -2.49. The molecule has 0 unspecified atom stereocenters. The van der Waals surface area contributed by atoms with Crippen molar-refractivity contribution in [3.63, 3.8) is 0 Å². The second-order valence-electron chi connectivity index (χ2n) is 5.71. The van der Waals surface area contributed by atoms with Gasteiger partial charge in [0.1, 0.15) is 0 Å². The van der Waals surface area contributed by atoms with Crippen molar-refractivity contribution in [2.45, 2.75) is 39.7 Å². The van der Waals surface area contributed by atoms with E-state index in [4.69, 9.17) is 0 Å². The summed E-state index contributed by atoms with van der Waals surface area (Å²) in [5.41, 5.74) is -0.364. The van der Waals surface area contributed by atoms with Crippen LogP contribution in [0.2, 0.25) is 0 Å². The number of rotatable bonds is 2. The molecule has 0 radical (unpaired) electrons. The van der Waals surface area contributed by atoms with Gasteiger partial charge in [-0.3, -0.25) is 4.79 Å². The molecular formula is C11H22N2O3S. The zero-order chi connectivity index (χ0) is 13.3. The van der Waals surface area contributed by atoms with Gasteiger partial charge in [-0.05, 0) is 12.8 Å². The Hall–Kier alpha value is -0.620. The molecule has 1 rings (SSSR count). The highest BCUT2D eigenvalue weighted by Gasteiger charge is 2.30. The first-order valence-electron chi connectivity index (χ1n) is 5.86. The summed E-state index contributed by atoms with van der Waals surface area (Å²) >= 11 is 0. The number of hydrogen-bond acceptors (Lipinski definition) is 3. The minimum absolute atomic E-state index is 0.0333. The van der Waals surface area contributed by atoms with Crippen molar-refractivity contribution in [1.82, 2.24) is 9.62 Å². The molecule has 1 heterocycles. The van der Waals surface area contributed by atoms with Crippen molar-refractivity contribution in [1.29, 1.82) is 0 Å². The van der Waals surface area contributed by atoms with E-state index in [0.717, 1.165) is 0 Å². The van der Waals surface area contributed by atoms with Crippen LogP contribution in [0.5, 0.6) is 0 Å². The predicted molar refractivity (Wildman–Crippen MR) is 67.0 cm³/mol. The number of nitrogens with zero attached hydrogens (tertiary/aromatic N) is 1. The highest BCUT2D eigenvalue weighted by atomic mass is 32.2. The van der Waals surface area contributed by atoms with E-state index in [1.807, 2.05) is 25.7 Å². The summed E-state index contributed by atoms with van der Waals surface area (Å²) in [6.07, 6.45) is 2.55. The van der Waals surface area contributed by atoms with Gasteiger partial charge in [0.2, 0.25) is 15.9 Å². The normalized spacial score (nSPS) is 19.4. The first kappa shape index (κ1) is 14.4. The van der Waals surface area contributed by atoms with Crippen molar-refractivity contribution in [3.05, 3.63) is 0 Å². The summed E-state index contributed by atoms with van der Waals surface area (Å²) in [4.78, 5) is 13.8. The van der Waals surface area contributed by atoms with Gasteiger partial charge in [-0.25, -0.2) is 13.1 Å². The topological polar surface area (TPSA) is 66.5 Å². The fourth-order valence-electron chi connectivity index (χ4n) is 1.98. The summed E-state index contributed by atoms with van der Waals surface area (Å²) in [6, 6.07) is -0.0333. The molecule has 1 amide bonds. The van der Waals surface area contributed by atoms with E-state index in [-0.39, 0.29) is 17.4 Å². The molecule has 0 spiro atoms. The number of nitrogens with one attached hydrogen (secondary N) is 1. The van der Waals surface area contributed by atoms with Crippen molar-refractivity contribution in [3.8, 4) is 0 Å². The Bertz CT molecular complexity index is 376. The van der Waals surface area contributed by atoms with Gasteiger partial charge in [0.25, 0.3) is 0 Å². The Balaban J connectivity index is 2.49. The lowest BCUT2D eigenvalue weighted by atomic mass is 9.93. The van der Waals surface area contributed by atoms with Gasteiger partial charge in [0.15, 0.2) is 0 Å². The van der Waals surface area contributed by atoms with Gasteiger partial charge in [-0.2, -0.15) is 0 Å². The largest absolute Gasteiger partial charge is 0.342 e. The molecule has 17 heavy (non-hydrogen) atoms. The fraction of sp³-hybridized carbons (Fsp3) is 0.909. The number of hydrogen-bond donors (Lipinski definition) is 1. The molecule has 1 aliphatic heterocycles. The Morgan fingerprint density at radius 3 is 2.06 bits per heavy atom. The molecule has 1 fully saturated rings. The first-order chi connectivity index (χ1) is 7.59. The van der Waals surface area contributed by atoms with Crippen LogP contribution in [0.4, 0.5) is 0 Å². The molecule has 0 bridgehead atoms. The molecule has 0 aromatic heterocycles. The summed E-state index contributed by atoms with van der Waals surface area (Å²) in [5.74, 6) is 0.135. The zero-order valence-corrected chi connectivity index (χ0v) is 11.8. The van der Waals surface area contributed by atoms with Crippen LogP contribution in [-0.2, 0) is 14.8 Å². The minimum Gasteiger partial charge on any atom is -0.342 e. The van der Waals surface area contributed by atoms with Crippen LogP contribution in [0.25, 0.3) is 0 Å². The lowest BCUT2D eigenvalue weighted by Gasteiger charge is -2.35. The quantitative estimate of drug-likeness (QED) is 0.791. The smallest absolute Gasteiger partial charge is 0.227 e. The van der Waals surface area contributed by atoms with Crippen molar-refractivity contribution < 1.29 is 13.2 Å². The molecule has 1 N–H and O–H groups in total. The molecule has 6 heteroatoms. The number of amides is 1. The van der Waals surface area contributed by atoms with E-state index in [9.17, 15) is 13.2 Å². The molecule has 0 aromatic carbocycles. The second-order valence-corrected chi connectivity index (χ2v) is 7.49. The molecular weight excluding hydrogens is 240 g/mol. The average Bonchev–Trinajstić information content (AvgIpc) is 2.14. The molecule has 0 aliphatic carbocycles. The van der Waals surface area contributed by atoms with Crippen molar-refractivity contribution in [2.75, 3.05) is 19.3 Å². The molecule has 100 valence electrons. The second kappa shape index (κ2) is 4.94. The number of carbonyl (C=O) groups is 1. The van der Waals surface area contributed by atoms with Gasteiger partial charge in [-0.15, -0.1) is 0 Å². The number of sulfonamides is 1. The molecule has 0 aromatic rings. The Labute approximate surface area is 104 Å². The van der Waals surface area contributed by atoms with Crippen LogP contribution in [0, 0.1) is 5.41 Å². The Morgan fingerprint density at radius 1 is 1.24 bits per heavy atom. The molecule has 1 saturated heterocycles. The molecule has 1 aliphatic rings. The third kappa shape index (κ3) is 4.63. The third-order valence-corrected chi connectivity index (χ3v) is 3.57. The Kier molecular flexibility index (Phi) is 4.19. The summed E-state index contributed by atoms with van der Waals surface area (Å²) in [5, 5.41) is 0. The van der Waals surface area contributed by atoms with Gasteiger partial charge in [-0.1, -0.05) is 20.8 Å². The maximum atomic E-state index is 12.0. The summed E-state index contributed by atoms with van der Waals surface area (Å²) in [7, 11) is -3.14. The maximum absolute atomic E-state index is 12.0. The Morgan fingerprint density at radius 2 is 1.71 bits per heavy atom. The maximum Gasteiger partial charge on any atom is 0.227 e. The SMILES string of the molecule is CC(C)(C)C(=O)N1CCC(NS(C)(=O)=O)CC1. The van der Waals surface area contributed by atoms with E-state index in [2.05, 4.69) is 4.72 Å². The summed E-state index contributed by atoms with van der Waals surface area (Å²) in [6.45, 7) is 6.95. The van der Waals surface area contributed by atoms with Crippen molar-refractivity contribution >= 4 is 15.9 Å². The van der Waals surface area contributed by atoms with Gasteiger partial charge in [0, 0.05) is 24.5 Å². The van der Waals surface area contributed by atoms with Gasteiger partial charge >= 0.3 is 0 Å². The van der Waals surface area contributed by atoms with E-state index < -0.39 is 10.0 Å². The molecule has 5 nitrogen and oxygen atoms in total. The van der Waals surface area contributed by atoms with Gasteiger partial charge in [0.05, 0.1) is 6.26 Å². The molecule has 0 saturated carbocycles. The number of carbonyl (C=O) groups excluding carboxylic acids is 1. The molecule has 0 atom stereocenters. The van der Waals surface area contributed by atoms with Gasteiger partial charge < -0.3 is 4.90 Å².